The maximum absolute atomic E-state index is 4.80. The van der Waals surface area contributed by atoms with Crippen LogP contribution in [0.1, 0.15) is 0 Å². The van der Waals surface area contributed by atoms with E-state index in [1.165, 1.54) is 66.1 Å². The molecule has 0 aliphatic heterocycles. The van der Waals surface area contributed by atoms with E-state index in [-0.39, 0.29) is 0 Å². The molecule has 0 radical (unpaired) electrons. The van der Waals surface area contributed by atoms with E-state index in [0.29, 0.717) is 0 Å². The predicted octanol–water partition coefficient (Wildman–Crippen LogP) is 15.0. The molecule has 0 fully saturated rings. The molecular weight excluding hydrogens is 753 g/mol. The Labute approximate surface area is 359 Å². The number of benzene rings is 8. The molecule has 4 nitrogen and oxygen atoms in total. The van der Waals surface area contributed by atoms with Crippen LogP contribution in [-0.2, 0) is 0 Å². The average Bonchev–Trinajstić information content (AvgIpc) is 3.86. The Hall–Kier alpha value is -8.34. The first kappa shape index (κ1) is 35.6. The molecule has 8 aromatic carbocycles. The van der Waals surface area contributed by atoms with Crippen molar-refractivity contribution in [3.63, 3.8) is 0 Å². The SMILES string of the molecule is c1ccc(-c2ccc3c(c2)c2cc(-c4ccccc4)ccc2n3-c2cnccc2-c2ccncc2-n2c3ccc(-c4ccccc4)cc3c3cc(-c4ccccc4)ccc32)cc1. The van der Waals surface area contributed by atoms with Gasteiger partial charge in [-0.3, -0.25) is 9.97 Å². The smallest absolute Gasteiger partial charge is 0.0724 e. The van der Waals surface area contributed by atoms with Crippen molar-refractivity contribution in [2.24, 2.45) is 0 Å². The summed E-state index contributed by atoms with van der Waals surface area (Å²) in [6.07, 6.45) is 7.84. The van der Waals surface area contributed by atoms with Crippen LogP contribution in [0.5, 0.6) is 0 Å². The lowest BCUT2D eigenvalue weighted by molar-refractivity contribution is 1.12. The highest BCUT2D eigenvalue weighted by Crippen LogP contribution is 2.43. The lowest BCUT2D eigenvalue weighted by Crippen LogP contribution is -2.02. The second-order valence-corrected chi connectivity index (χ2v) is 15.8. The summed E-state index contributed by atoms with van der Waals surface area (Å²) in [7, 11) is 0. The molecule has 0 N–H and O–H groups in total. The van der Waals surface area contributed by atoms with Crippen LogP contribution in [0, 0.1) is 0 Å². The minimum atomic E-state index is 0.998. The Bertz CT molecular complexity index is 3170. The Morgan fingerprint density at radius 1 is 0.258 bits per heavy atom. The minimum Gasteiger partial charge on any atom is -0.307 e. The van der Waals surface area contributed by atoms with Crippen molar-refractivity contribution in [2.45, 2.75) is 0 Å². The van der Waals surface area contributed by atoms with Crippen LogP contribution in [0.25, 0.3) is 111 Å². The molecule has 12 aromatic rings. The molecule has 4 heteroatoms. The first-order valence-corrected chi connectivity index (χ1v) is 21.0. The zero-order valence-electron chi connectivity index (χ0n) is 33.7. The summed E-state index contributed by atoms with van der Waals surface area (Å²) < 4.78 is 4.79. The largest absolute Gasteiger partial charge is 0.307 e. The normalized spacial score (nSPS) is 11.5. The fourth-order valence-electron chi connectivity index (χ4n) is 9.39. The summed E-state index contributed by atoms with van der Waals surface area (Å²) in [5.41, 5.74) is 18.1. The highest BCUT2D eigenvalue weighted by Gasteiger charge is 2.22. The molecule has 62 heavy (non-hydrogen) atoms. The molecule has 0 unspecified atom stereocenters. The molecule has 0 amide bonds. The third kappa shape index (κ3) is 5.92. The van der Waals surface area contributed by atoms with Crippen molar-refractivity contribution in [2.75, 3.05) is 0 Å². The van der Waals surface area contributed by atoms with E-state index in [4.69, 9.17) is 9.97 Å². The van der Waals surface area contributed by atoms with Crippen LogP contribution in [0.2, 0.25) is 0 Å². The number of fused-ring (bicyclic) bond motifs is 6. The first-order valence-electron chi connectivity index (χ1n) is 21.0. The maximum Gasteiger partial charge on any atom is 0.0724 e. The van der Waals surface area contributed by atoms with Gasteiger partial charge in [0.25, 0.3) is 0 Å². The number of hydrogen-bond donors (Lipinski definition) is 0. The van der Waals surface area contributed by atoms with E-state index >= 15 is 0 Å². The van der Waals surface area contributed by atoms with Gasteiger partial charge in [0.1, 0.15) is 0 Å². The van der Waals surface area contributed by atoms with Gasteiger partial charge in [0.2, 0.25) is 0 Å². The molecule has 4 aromatic heterocycles. The topological polar surface area (TPSA) is 35.6 Å². The second kappa shape index (κ2) is 14.7. The molecule has 0 aliphatic rings. The van der Waals surface area contributed by atoms with E-state index in [1.807, 2.05) is 24.8 Å². The number of hydrogen-bond acceptors (Lipinski definition) is 2. The van der Waals surface area contributed by atoms with Gasteiger partial charge in [-0.15, -0.1) is 0 Å². The van der Waals surface area contributed by atoms with Gasteiger partial charge in [0.15, 0.2) is 0 Å². The van der Waals surface area contributed by atoms with E-state index in [9.17, 15) is 0 Å². The number of pyridine rings is 2. The number of aromatic nitrogens is 4. The fraction of sp³-hybridized carbons (Fsp3) is 0. The quantitative estimate of drug-likeness (QED) is 0.161. The Morgan fingerprint density at radius 2 is 0.532 bits per heavy atom. The van der Waals surface area contributed by atoms with Crippen molar-refractivity contribution >= 4 is 43.6 Å². The van der Waals surface area contributed by atoms with Crippen LogP contribution >= 0.6 is 0 Å². The Kier molecular flexibility index (Phi) is 8.46. The molecule has 0 saturated carbocycles. The molecule has 290 valence electrons. The third-order valence-electron chi connectivity index (χ3n) is 12.3. The van der Waals surface area contributed by atoms with Gasteiger partial charge in [-0.25, -0.2) is 0 Å². The molecule has 0 aliphatic carbocycles. The molecular formula is C58H38N4. The van der Waals surface area contributed by atoms with Gasteiger partial charge in [-0.1, -0.05) is 146 Å². The predicted molar refractivity (Wildman–Crippen MR) is 258 cm³/mol. The Morgan fingerprint density at radius 3 is 0.806 bits per heavy atom. The van der Waals surface area contributed by atoms with Crippen molar-refractivity contribution in [1.82, 2.24) is 19.1 Å². The highest BCUT2D eigenvalue weighted by molar-refractivity contribution is 6.14. The van der Waals surface area contributed by atoms with Crippen LogP contribution in [-0.4, -0.2) is 19.1 Å². The second-order valence-electron chi connectivity index (χ2n) is 15.8. The van der Waals surface area contributed by atoms with Gasteiger partial charge in [-0.05, 0) is 105 Å². The average molecular weight is 791 g/mol. The van der Waals surface area contributed by atoms with Gasteiger partial charge < -0.3 is 9.13 Å². The van der Waals surface area contributed by atoms with Crippen LogP contribution in [0.15, 0.2) is 231 Å². The van der Waals surface area contributed by atoms with Crippen LogP contribution in [0.4, 0.5) is 0 Å². The minimum absolute atomic E-state index is 0.998. The first-order chi connectivity index (χ1) is 30.8. The van der Waals surface area contributed by atoms with Gasteiger partial charge in [-0.2, -0.15) is 0 Å². The zero-order valence-corrected chi connectivity index (χ0v) is 33.7. The van der Waals surface area contributed by atoms with E-state index in [1.54, 1.807) is 0 Å². The summed E-state index contributed by atoms with van der Waals surface area (Å²) in [5.74, 6) is 0. The summed E-state index contributed by atoms with van der Waals surface area (Å²) in [6, 6.07) is 74.3. The molecule has 0 bridgehead atoms. The molecule has 0 atom stereocenters. The van der Waals surface area contributed by atoms with E-state index in [2.05, 4.69) is 215 Å². The maximum atomic E-state index is 4.80. The van der Waals surface area contributed by atoms with Gasteiger partial charge in [0, 0.05) is 45.1 Å². The lowest BCUT2D eigenvalue weighted by Gasteiger charge is -2.18. The number of rotatable bonds is 7. The lowest BCUT2D eigenvalue weighted by atomic mass is 10.0. The number of nitrogens with zero attached hydrogens (tertiary/aromatic N) is 4. The van der Waals surface area contributed by atoms with E-state index in [0.717, 1.165) is 44.6 Å². The van der Waals surface area contributed by atoms with Gasteiger partial charge >= 0.3 is 0 Å². The van der Waals surface area contributed by atoms with Crippen molar-refractivity contribution < 1.29 is 0 Å². The molecule has 0 saturated heterocycles. The fourth-order valence-corrected chi connectivity index (χ4v) is 9.39. The van der Waals surface area contributed by atoms with Gasteiger partial charge in [0.05, 0.1) is 45.8 Å². The summed E-state index contributed by atoms with van der Waals surface area (Å²) >= 11 is 0. The molecule has 4 heterocycles. The zero-order chi connectivity index (χ0) is 41.0. The van der Waals surface area contributed by atoms with Crippen molar-refractivity contribution in [3.05, 3.63) is 231 Å². The highest BCUT2D eigenvalue weighted by atomic mass is 15.0. The van der Waals surface area contributed by atoms with E-state index < -0.39 is 0 Å². The Balaban J connectivity index is 1.10. The van der Waals surface area contributed by atoms with Crippen molar-refractivity contribution in [3.8, 4) is 67.0 Å². The van der Waals surface area contributed by atoms with Crippen molar-refractivity contribution in [1.29, 1.82) is 0 Å². The third-order valence-corrected chi connectivity index (χ3v) is 12.3. The molecule has 0 spiro atoms. The molecule has 12 rings (SSSR count). The summed E-state index contributed by atoms with van der Waals surface area (Å²) in [4.78, 5) is 9.59. The standard InChI is InChI=1S/C58H38N4/c1-5-13-39(14-6-1)43-21-25-53-49(33-43)50-34-44(40-15-7-2-8-16-40)22-26-54(50)61(53)57-37-59-31-29-47(57)48-30-32-60-38-58(48)62-55-27-23-45(41-17-9-3-10-18-41)35-51(55)52-36-46(24-28-56(52)62)42-19-11-4-12-20-42/h1-38H. The van der Waals surface area contributed by atoms with Crippen LogP contribution in [0.3, 0.4) is 0 Å². The van der Waals surface area contributed by atoms with Crippen LogP contribution < -0.4 is 0 Å². The summed E-state index contributed by atoms with van der Waals surface area (Å²) in [6.45, 7) is 0. The monoisotopic (exact) mass is 790 g/mol. The summed E-state index contributed by atoms with van der Waals surface area (Å²) in [5, 5.41) is 4.76.